The van der Waals surface area contributed by atoms with E-state index >= 15 is 0 Å². The summed E-state index contributed by atoms with van der Waals surface area (Å²) >= 11 is 0. The highest BCUT2D eigenvalue weighted by molar-refractivity contribution is 5.91. The first kappa shape index (κ1) is 15.8. The van der Waals surface area contributed by atoms with Gasteiger partial charge in [0.25, 0.3) is 0 Å². The summed E-state index contributed by atoms with van der Waals surface area (Å²) in [7, 11) is 0. The Morgan fingerprint density at radius 3 is 2.62 bits per heavy atom. The van der Waals surface area contributed by atoms with Gasteiger partial charge < -0.3 is 4.90 Å². The van der Waals surface area contributed by atoms with Gasteiger partial charge in [0.15, 0.2) is 0 Å². The number of anilines is 1. The van der Waals surface area contributed by atoms with Crippen molar-refractivity contribution in [3.8, 4) is 0 Å². The molecular formula is C20H26FN3. The highest BCUT2D eigenvalue weighted by Gasteiger charge is 2.29. The summed E-state index contributed by atoms with van der Waals surface area (Å²) in [5.41, 5.74) is 1.99. The summed E-state index contributed by atoms with van der Waals surface area (Å²) in [6.07, 6.45) is 7.34. The number of hydrogen-bond donors (Lipinski definition) is 0. The van der Waals surface area contributed by atoms with E-state index in [0.717, 1.165) is 54.7 Å². The number of fused-ring (bicyclic) bond motifs is 1. The molecule has 128 valence electrons. The van der Waals surface area contributed by atoms with Gasteiger partial charge in [-0.2, -0.15) is 0 Å². The number of aromatic nitrogens is 1. The lowest BCUT2D eigenvalue weighted by molar-refractivity contribution is 0.106. The third kappa shape index (κ3) is 3.00. The van der Waals surface area contributed by atoms with E-state index in [4.69, 9.17) is 0 Å². The molecule has 2 aliphatic rings. The number of benzene rings is 1. The first-order valence-corrected chi connectivity index (χ1v) is 9.25. The van der Waals surface area contributed by atoms with E-state index in [1.165, 1.54) is 31.7 Å². The number of pyridine rings is 1. The largest absolute Gasteiger partial charge is 0.368 e. The summed E-state index contributed by atoms with van der Waals surface area (Å²) in [5.74, 6) is 0.632. The molecule has 1 aromatic heterocycles. The van der Waals surface area contributed by atoms with E-state index in [1.54, 1.807) is 12.1 Å². The van der Waals surface area contributed by atoms with Gasteiger partial charge in [0.05, 0.1) is 5.52 Å². The van der Waals surface area contributed by atoms with Crippen molar-refractivity contribution in [3.63, 3.8) is 0 Å². The molecule has 4 rings (SSSR count). The summed E-state index contributed by atoms with van der Waals surface area (Å²) in [6, 6.07) is 7.66. The molecule has 2 fully saturated rings. The normalized spacial score (nSPS) is 26.0. The van der Waals surface area contributed by atoms with Gasteiger partial charge >= 0.3 is 0 Å². The van der Waals surface area contributed by atoms with E-state index in [1.807, 2.05) is 12.3 Å². The van der Waals surface area contributed by atoms with Gasteiger partial charge in [-0.1, -0.05) is 19.8 Å². The van der Waals surface area contributed by atoms with Gasteiger partial charge in [0.2, 0.25) is 0 Å². The average molecular weight is 327 g/mol. The summed E-state index contributed by atoms with van der Waals surface area (Å²) in [5, 5.41) is 0.928. The maximum Gasteiger partial charge on any atom is 0.124 e. The van der Waals surface area contributed by atoms with E-state index in [9.17, 15) is 4.39 Å². The van der Waals surface area contributed by atoms with Crippen molar-refractivity contribution in [2.75, 3.05) is 31.1 Å². The molecule has 2 heterocycles. The van der Waals surface area contributed by atoms with Crippen LogP contribution in [0.3, 0.4) is 0 Å². The number of rotatable bonds is 2. The highest BCUT2D eigenvalue weighted by atomic mass is 19.1. The summed E-state index contributed by atoms with van der Waals surface area (Å²) < 4.78 is 13.7. The van der Waals surface area contributed by atoms with Crippen LogP contribution in [0.2, 0.25) is 0 Å². The summed E-state index contributed by atoms with van der Waals surface area (Å²) in [6.45, 7) is 6.65. The lowest BCUT2D eigenvalue weighted by Crippen LogP contribution is -2.52. The predicted molar refractivity (Wildman–Crippen MR) is 96.9 cm³/mol. The lowest BCUT2D eigenvalue weighted by Gasteiger charge is -2.44. The maximum absolute atomic E-state index is 13.7. The van der Waals surface area contributed by atoms with Crippen LogP contribution in [-0.4, -0.2) is 42.1 Å². The van der Waals surface area contributed by atoms with E-state index < -0.39 is 0 Å². The number of piperazine rings is 1. The molecule has 2 atom stereocenters. The molecule has 0 bridgehead atoms. The molecular weight excluding hydrogens is 301 g/mol. The average Bonchev–Trinajstić information content (AvgIpc) is 2.62. The molecule has 1 saturated heterocycles. The highest BCUT2D eigenvalue weighted by Crippen LogP contribution is 2.31. The Hall–Kier alpha value is -1.68. The molecule has 0 spiro atoms. The zero-order chi connectivity index (χ0) is 16.5. The van der Waals surface area contributed by atoms with Crippen LogP contribution in [0.15, 0.2) is 30.5 Å². The van der Waals surface area contributed by atoms with Crippen molar-refractivity contribution in [3.05, 3.63) is 36.3 Å². The van der Waals surface area contributed by atoms with E-state index in [2.05, 4.69) is 21.7 Å². The predicted octanol–water partition coefficient (Wildman–Crippen LogP) is 4.07. The van der Waals surface area contributed by atoms with E-state index in [0.29, 0.717) is 0 Å². The van der Waals surface area contributed by atoms with Crippen LogP contribution < -0.4 is 4.90 Å². The van der Waals surface area contributed by atoms with Crippen LogP contribution in [0.25, 0.3) is 10.9 Å². The molecule has 2 aromatic rings. The minimum atomic E-state index is -0.189. The van der Waals surface area contributed by atoms with Gasteiger partial charge in [-0.15, -0.1) is 0 Å². The Morgan fingerprint density at radius 2 is 1.83 bits per heavy atom. The molecule has 0 N–H and O–H groups in total. The second kappa shape index (κ2) is 6.67. The zero-order valence-electron chi connectivity index (χ0n) is 14.4. The van der Waals surface area contributed by atoms with Crippen LogP contribution in [0.1, 0.15) is 32.6 Å². The number of halogens is 1. The Labute approximate surface area is 143 Å². The van der Waals surface area contributed by atoms with Crippen LogP contribution in [-0.2, 0) is 0 Å². The first-order chi connectivity index (χ1) is 11.7. The minimum Gasteiger partial charge on any atom is -0.368 e. The van der Waals surface area contributed by atoms with Crippen molar-refractivity contribution in [2.24, 2.45) is 5.92 Å². The molecule has 2 unspecified atom stereocenters. The molecule has 1 aromatic carbocycles. The van der Waals surface area contributed by atoms with Crippen LogP contribution in [0.5, 0.6) is 0 Å². The van der Waals surface area contributed by atoms with Crippen LogP contribution in [0.4, 0.5) is 10.1 Å². The van der Waals surface area contributed by atoms with Crippen molar-refractivity contribution in [1.82, 2.24) is 9.88 Å². The fraction of sp³-hybridized carbons (Fsp3) is 0.550. The Morgan fingerprint density at radius 1 is 1.04 bits per heavy atom. The van der Waals surface area contributed by atoms with Gasteiger partial charge in [-0.3, -0.25) is 9.88 Å². The minimum absolute atomic E-state index is 0.189. The fourth-order valence-electron chi connectivity index (χ4n) is 4.51. The van der Waals surface area contributed by atoms with Crippen molar-refractivity contribution in [2.45, 2.75) is 38.6 Å². The van der Waals surface area contributed by atoms with Crippen molar-refractivity contribution in [1.29, 1.82) is 0 Å². The third-order valence-electron chi connectivity index (χ3n) is 5.87. The smallest absolute Gasteiger partial charge is 0.124 e. The quantitative estimate of drug-likeness (QED) is 0.829. The van der Waals surface area contributed by atoms with Gasteiger partial charge in [0.1, 0.15) is 5.82 Å². The standard InChI is InChI=1S/C20H26FN3/c1-15-4-2-3-5-19(15)23-10-12-24(13-11-23)20-8-9-22-18-7-6-16(21)14-17(18)20/h6-9,14-15,19H,2-5,10-13H2,1H3. The Balaban J connectivity index is 1.51. The topological polar surface area (TPSA) is 19.4 Å². The summed E-state index contributed by atoms with van der Waals surface area (Å²) in [4.78, 5) is 9.45. The lowest BCUT2D eigenvalue weighted by atomic mass is 9.84. The van der Waals surface area contributed by atoms with Gasteiger partial charge in [-0.25, -0.2) is 4.39 Å². The van der Waals surface area contributed by atoms with Gasteiger partial charge in [0, 0.05) is 49.5 Å². The number of hydrogen-bond acceptors (Lipinski definition) is 3. The maximum atomic E-state index is 13.7. The monoisotopic (exact) mass is 327 g/mol. The first-order valence-electron chi connectivity index (χ1n) is 9.25. The molecule has 0 amide bonds. The Bertz CT molecular complexity index is 709. The second-order valence-corrected chi connectivity index (χ2v) is 7.34. The zero-order valence-corrected chi connectivity index (χ0v) is 14.4. The molecule has 1 saturated carbocycles. The molecule has 3 nitrogen and oxygen atoms in total. The van der Waals surface area contributed by atoms with E-state index in [-0.39, 0.29) is 5.82 Å². The molecule has 4 heteroatoms. The number of nitrogens with zero attached hydrogens (tertiary/aromatic N) is 3. The van der Waals surface area contributed by atoms with Crippen molar-refractivity contribution >= 4 is 16.6 Å². The van der Waals surface area contributed by atoms with Crippen molar-refractivity contribution < 1.29 is 4.39 Å². The molecule has 24 heavy (non-hydrogen) atoms. The molecule has 0 radical (unpaired) electrons. The van der Waals surface area contributed by atoms with Crippen LogP contribution >= 0.6 is 0 Å². The molecule has 1 aliphatic heterocycles. The second-order valence-electron chi connectivity index (χ2n) is 7.34. The molecule has 1 aliphatic carbocycles. The van der Waals surface area contributed by atoms with Crippen LogP contribution in [0, 0.1) is 11.7 Å². The Kier molecular flexibility index (Phi) is 4.40. The SMILES string of the molecule is CC1CCCCC1N1CCN(c2ccnc3ccc(F)cc23)CC1. The van der Waals surface area contributed by atoms with Gasteiger partial charge in [-0.05, 0) is 43.0 Å². The fourth-order valence-corrected chi connectivity index (χ4v) is 4.51. The third-order valence-corrected chi connectivity index (χ3v) is 5.87.